The molecule has 0 saturated heterocycles. The van der Waals surface area contributed by atoms with E-state index < -0.39 is 6.16 Å². The molecule has 1 heterocycles. The Hall–Kier alpha value is -1.52. The van der Waals surface area contributed by atoms with E-state index in [4.69, 9.17) is 5.11 Å². The van der Waals surface area contributed by atoms with Crippen LogP contribution in [0.5, 0.6) is 0 Å². The number of nitrogens with zero attached hydrogens (tertiary/aromatic N) is 2. The quantitative estimate of drug-likeness (QED) is 0.646. The van der Waals surface area contributed by atoms with Gasteiger partial charge < -0.3 is 5.11 Å². The van der Waals surface area contributed by atoms with Crippen molar-refractivity contribution < 1.29 is 14.7 Å². The Balaban J connectivity index is 2.85. The van der Waals surface area contributed by atoms with Gasteiger partial charge in [-0.1, -0.05) is 4.85 Å². The highest BCUT2D eigenvalue weighted by Crippen LogP contribution is 1.98. The van der Waals surface area contributed by atoms with E-state index in [2.05, 4.69) is 9.94 Å². The molecule has 0 bridgehead atoms. The lowest BCUT2D eigenvalue weighted by molar-refractivity contribution is 0.0655. The SMILES string of the molecule is Cc1cc(C)n(OC(=O)O)n1. The van der Waals surface area contributed by atoms with Crippen molar-refractivity contribution in [3.05, 3.63) is 17.5 Å². The van der Waals surface area contributed by atoms with Crippen LogP contribution in [0.25, 0.3) is 0 Å². The summed E-state index contributed by atoms with van der Waals surface area (Å²) < 4.78 is 0. The van der Waals surface area contributed by atoms with E-state index in [-0.39, 0.29) is 0 Å². The highest BCUT2D eigenvalue weighted by Gasteiger charge is 2.04. The Bertz CT molecular complexity index is 279. The minimum absolute atomic E-state index is 0.657. The Labute approximate surface area is 63.2 Å². The maximum atomic E-state index is 10.0. The van der Waals surface area contributed by atoms with Gasteiger partial charge in [-0.15, -0.1) is 5.10 Å². The summed E-state index contributed by atoms with van der Waals surface area (Å²) in [5, 5.41) is 12.0. The van der Waals surface area contributed by atoms with Crippen molar-refractivity contribution in [1.82, 2.24) is 9.94 Å². The second kappa shape index (κ2) is 2.61. The predicted molar refractivity (Wildman–Crippen MR) is 36.3 cm³/mol. The summed E-state index contributed by atoms with van der Waals surface area (Å²) in [7, 11) is 0. The maximum Gasteiger partial charge on any atom is 0.532 e. The average molecular weight is 156 g/mol. The highest BCUT2D eigenvalue weighted by molar-refractivity contribution is 5.57. The molecule has 1 aromatic rings. The minimum Gasteiger partial charge on any atom is -0.448 e. The van der Waals surface area contributed by atoms with Crippen molar-refractivity contribution in [3.63, 3.8) is 0 Å². The molecule has 0 aliphatic rings. The third-order valence-electron chi connectivity index (χ3n) is 1.13. The van der Waals surface area contributed by atoms with Gasteiger partial charge in [-0.3, -0.25) is 4.84 Å². The van der Waals surface area contributed by atoms with E-state index >= 15 is 0 Å². The van der Waals surface area contributed by atoms with Gasteiger partial charge in [0.15, 0.2) is 0 Å². The van der Waals surface area contributed by atoms with Crippen molar-refractivity contribution >= 4 is 6.16 Å². The fourth-order valence-corrected chi connectivity index (χ4v) is 0.775. The van der Waals surface area contributed by atoms with Crippen LogP contribution in [0, 0.1) is 13.8 Å². The van der Waals surface area contributed by atoms with Crippen molar-refractivity contribution in [2.75, 3.05) is 0 Å². The van der Waals surface area contributed by atoms with Crippen LogP contribution in [0.4, 0.5) is 4.79 Å². The molecule has 0 aromatic carbocycles. The summed E-state index contributed by atoms with van der Waals surface area (Å²) in [4.78, 5) is 15.3. The molecule has 0 amide bonds. The van der Waals surface area contributed by atoms with E-state index in [1.165, 1.54) is 0 Å². The Morgan fingerprint density at radius 3 is 2.73 bits per heavy atom. The van der Waals surface area contributed by atoms with E-state index in [0.717, 1.165) is 10.5 Å². The molecular weight excluding hydrogens is 148 g/mol. The van der Waals surface area contributed by atoms with Crippen molar-refractivity contribution in [1.29, 1.82) is 0 Å². The average Bonchev–Trinajstić information content (AvgIpc) is 2.09. The van der Waals surface area contributed by atoms with Crippen LogP contribution in [0.1, 0.15) is 11.4 Å². The lowest BCUT2D eigenvalue weighted by Crippen LogP contribution is -2.19. The lowest BCUT2D eigenvalue weighted by atomic mass is 10.4. The molecule has 1 aromatic heterocycles. The molecule has 0 saturated carbocycles. The lowest BCUT2D eigenvalue weighted by Gasteiger charge is -1.98. The molecule has 0 atom stereocenters. The molecule has 0 aliphatic heterocycles. The van der Waals surface area contributed by atoms with Crippen molar-refractivity contribution in [2.24, 2.45) is 0 Å². The zero-order valence-electron chi connectivity index (χ0n) is 6.24. The minimum atomic E-state index is -1.36. The molecule has 0 fully saturated rings. The molecule has 1 N–H and O–H groups in total. The van der Waals surface area contributed by atoms with Gasteiger partial charge in [0.1, 0.15) is 0 Å². The summed E-state index contributed by atoms with van der Waals surface area (Å²) in [6.07, 6.45) is -1.36. The Morgan fingerprint density at radius 2 is 2.36 bits per heavy atom. The van der Waals surface area contributed by atoms with Crippen LogP contribution in [0.3, 0.4) is 0 Å². The van der Waals surface area contributed by atoms with Crippen LogP contribution in [0.2, 0.25) is 0 Å². The summed E-state index contributed by atoms with van der Waals surface area (Å²) >= 11 is 0. The number of carboxylic acid groups (broad SMARTS) is 1. The number of hydrogen-bond donors (Lipinski definition) is 1. The van der Waals surface area contributed by atoms with Gasteiger partial charge in [0, 0.05) is 0 Å². The zero-order chi connectivity index (χ0) is 8.43. The molecule has 0 radical (unpaired) electrons. The number of aryl methyl sites for hydroxylation is 2. The number of hydrogen-bond acceptors (Lipinski definition) is 3. The normalized spacial score (nSPS) is 9.64. The summed E-state index contributed by atoms with van der Waals surface area (Å²) in [6, 6.07) is 1.73. The largest absolute Gasteiger partial charge is 0.532 e. The molecule has 5 heteroatoms. The molecule has 60 valence electrons. The summed E-state index contributed by atoms with van der Waals surface area (Å²) in [5.41, 5.74) is 1.38. The van der Waals surface area contributed by atoms with Crippen LogP contribution < -0.4 is 4.84 Å². The molecule has 1 rings (SSSR count). The van der Waals surface area contributed by atoms with Crippen LogP contribution in [-0.4, -0.2) is 21.2 Å². The highest BCUT2D eigenvalue weighted by atomic mass is 16.8. The first-order valence-corrected chi connectivity index (χ1v) is 3.04. The topological polar surface area (TPSA) is 64.3 Å². The zero-order valence-corrected chi connectivity index (χ0v) is 6.24. The first kappa shape index (κ1) is 7.59. The third kappa shape index (κ3) is 1.70. The van der Waals surface area contributed by atoms with E-state index in [9.17, 15) is 4.79 Å². The summed E-state index contributed by atoms with van der Waals surface area (Å²) in [6.45, 7) is 3.47. The molecular formula is C6H8N2O3. The first-order chi connectivity index (χ1) is 5.09. The monoisotopic (exact) mass is 156 g/mol. The van der Waals surface area contributed by atoms with Crippen molar-refractivity contribution in [2.45, 2.75) is 13.8 Å². The third-order valence-corrected chi connectivity index (χ3v) is 1.13. The van der Waals surface area contributed by atoms with Gasteiger partial charge in [-0.25, -0.2) is 4.79 Å². The smallest absolute Gasteiger partial charge is 0.448 e. The molecule has 0 spiro atoms. The summed E-state index contributed by atoms with van der Waals surface area (Å²) in [5.74, 6) is 0. The number of aromatic nitrogens is 2. The predicted octanol–water partition coefficient (Wildman–Crippen LogP) is 0.607. The van der Waals surface area contributed by atoms with Gasteiger partial charge in [0.05, 0.1) is 11.4 Å². The Kier molecular flexibility index (Phi) is 1.80. The fourth-order valence-electron chi connectivity index (χ4n) is 0.775. The molecule has 0 unspecified atom stereocenters. The second-order valence-corrected chi connectivity index (χ2v) is 2.16. The maximum absolute atomic E-state index is 10.0. The van der Waals surface area contributed by atoms with Crippen LogP contribution in [0.15, 0.2) is 6.07 Å². The van der Waals surface area contributed by atoms with Gasteiger partial charge in [0.2, 0.25) is 0 Å². The molecule has 0 aliphatic carbocycles. The number of carbonyl (C=O) groups is 1. The van der Waals surface area contributed by atoms with Gasteiger partial charge >= 0.3 is 6.16 Å². The van der Waals surface area contributed by atoms with E-state index in [1.807, 2.05) is 0 Å². The fraction of sp³-hybridized carbons (Fsp3) is 0.333. The van der Waals surface area contributed by atoms with Crippen molar-refractivity contribution in [3.8, 4) is 0 Å². The van der Waals surface area contributed by atoms with Gasteiger partial charge in [0.25, 0.3) is 0 Å². The van der Waals surface area contributed by atoms with Crippen LogP contribution in [-0.2, 0) is 0 Å². The standard InChI is InChI=1S/C6H8N2O3/c1-4-3-5(2)8(7-4)11-6(9)10/h3H,1-2H3,(H,9,10). The second-order valence-electron chi connectivity index (χ2n) is 2.16. The Morgan fingerprint density at radius 1 is 1.73 bits per heavy atom. The van der Waals surface area contributed by atoms with E-state index in [1.54, 1.807) is 19.9 Å². The van der Waals surface area contributed by atoms with Gasteiger partial charge in [-0.05, 0) is 19.9 Å². The first-order valence-electron chi connectivity index (χ1n) is 3.04. The molecule has 5 nitrogen and oxygen atoms in total. The van der Waals surface area contributed by atoms with E-state index in [0.29, 0.717) is 5.69 Å². The molecule has 11 heavy (non-hydrogen) atoms. The number of rotatable bonds is 1. The van der Waals surface area contributed by atoms with Gasteiger partial charge in [-0.2, -0.15) is 0 Å². The van der Waals surface area contributed by atoms with Crippen LogP contribution >= 0.6 is 0 Å².